The van der Waals surface area contributed by atoms with Gasteiger partial charge in [0.2, 0.25) is 31.9 Å². The van der Waals surface area contributed by atoms with Gasteiger partial charge >= 0.3 is 0 Å². The second-order valence-electron chi connectivity index (χ2n) is 6.76. The van der Waals surface area contributed by atoms with Crippen molar-refractivity contribution < 1.29 is 26.4 Å². The summed E-state index contributed by atoms with van der Waals surface area (Å²) < 4.78 is 48.6. The van der Waals surface area contributed by atoms with Crippen molar-refractivity contribution in [3.63, 3.8) is 0 Å². The number of carbonyl (C=O) groups excluding carboxylic acids is 2. The van der Waals surface area contributed by atoms with Crippen LogP contribution in [0, 0.1) is 0 Å². The van der Waals surface area contributed by atoms with Crippen LogP contribution in [0.4, 0.5) is 5.69 Å². The van der Waals surface area contributed by atoms with Crippen molar-refractivity contribution in [3.05, 3.63) is 54.1 Å². The smallest absolute Gasteiger partial charge is 0.243 e. The van der Waals surface area contributed by atoms with Crippen LogP contribution in [0.15, 0.2) is 58.3 Å². The maximum absolute atomic E-state index is 12.6. The molecule has 0 atom stereocenters. The van der Waals surface area contributed by atoms with Crippen LogP contribution in [-0.4, -0.2) is 53.1 Å². The number of carbonyl (C=O) groups is 2. The Morgan fingerprint density at radius 2 is 1.48 bits per heavy atom. The average molecular weight is 469 g/mol. The minimum Gasteiger partial charge on any atom is -0.355 e. The quantitative estimate of drug-likeness (QED) is 0.480. The predicted molar refractivity (Wildman–Crippen MR) is 115 cm³/mol. The Labute approximate surface area is 181 Å². The number of rotatable bonds is 9. The third-order valence-corrected chi connectivity index (χ3v) is 6.98. The number of nitrogens with two attached hydrogens (primary N) is 1. The van der Waals surface area contributed by atoms with E-state index >= 15 is 0 Å². The molecule has 0 aliphatic rings. The van der Waals surface area contributed by atoms with E-state index in [9.17, 15) is 26.4 Å². The number of hydrogen-bond acceptors (Lipinski definition) is 6. The van der Waals surface area contributed by atoms with Crippen molar-refractivity contribution >= 4 is 37.5 Å². The second-order valence-corrected chi connectivity index (χ2v) is 10.4. The fraction of sp³-hybridized carbons (Fsp3) is 0.263. The highest BCUT2D eigenvalue weighted by Crippen LogP contribution is 2.17. The molecule has 0 aliphatic carbocycles. The molecule has 0 aromatic heterocycles. The molecule has 4 N–H and O–H groups in total. The highest BCUT2D eigenvalue weighted by molar-refractivity contribution is 7.89. The summed E-state index contributed by atoms with van der Waals surface area (Å²) in [5.41, 5.74) is 1.25. The van der Waals surface area contributed by atoms with Gasteiger partial charge in [-0.15, -0.1) is 0 Å². The largest absolute Gasteiger partial charge is 0.355 e. The zero-order chi connectivity index (χ0) is 23.2. The SMILES string of the molecule is CC(=O)Nc1ccc(S(=O)(=O)N(C)CC(=O)NCCc2ccc(S(N)(=O)=O)cc2)cc1. The summed E-state index contributed by atoms with van der Waals surface area (Å²) in [7, 11) is -6.35. The first-order valence-electron chi connectivity index (χ1n) is 9.12. The van der Waals surface area contributed by atoms with E-state index in [-0.39, 0.29) is 28.8 Å². The summed E-state index contributed by atoms with van der Waals surface area (Å²) in [6.07, 6.45) is 0.428. The van der Waals surface area contributed by atoms with Gasteiger partial charge in [-0.05, 0) is 48.4 Å². The fourth-order valence-corrected chi connectivity index (χ4v) is 4.27. The van der Waals surface area contributed by atoms with Gasteiger partial charge < -0.3 is 10.6 Å². The van der Waals surface area contributed by atoms with Gasteiger partial charge in [0.25, 0.3) is 0 Å². The molecular weight excluding hydrogens is 444 g/mol. The topological polar surface area (TPSA) is 156 Å². The highest BCUT2D eigenvalue weighted by Gasteiger charge is 2.22. The minimum atomic E-state index is -3.88. The first-order valence-corrected chi connectivity index (χ1v) is 12.1. The molecule has 31 heavy (non-hydrogen) atoms. The highest BCUT2D eigenvalue weighted by atomic mass is 32.2. The Kier molecular flexibility index (Phi) is 7.90. The van der Waals surface area contributed by atoms with Gasteiger partial charge in [0.15, 0.2) is 0 Å². The van der Waals surface area contributed by atoms with E-state index < -0.39 is 26.0 Å². The lowest BCUT2D eigenvalue weighted by Gasteiger charge is -2.17. The molecule has 0 radical (unpaired) electrons. The maximum Gasteiger partial charge on any atom is 0.243 e. The number of anilines is 1. The van der Waals surface area contributed by atoms with Crippen LogP contribution in [0.1, 0.15) is 12.5 Å². The summed E-state index contributed by atoms with van der Waals surface area (Å²) in [4.78, 5) is 23.2. The molecule has 0 saturated carbocycles. The van der Waals surface area contributed by atoms with E-state index in [2.05, 4.69) is 10.6 Å². The van der Waals surface area contributed by atoms with Crippen LogP contribution in [0.25, 0.3) is 0 Å². The number of nitrogens with zero attached hydrogens (tertiary/aromatic N) is 1. The number of hydrogen-bond donors (Lipinski definition) is 3. The maximum atomic E-state index is 12.6. The third kappa shape index (κ3) is 7.14. The zero-order valence-corrected chi connectivity index (χ0v) is 18.7. The van der Waals surface area contributed by atoms with Crippen molar-refractivity contribution in [2.24, 2.45) is 5.14 Å². The number of nitrogens with one attached hydrogen (secondary N) is 2. The molecule has 2 aromatic rings. The number of primary sulfonamides is 1. The lowest BCUT2D eigenvalue weighted by molar-refractivity contribution is -0.121. The first-order chi connectivity index (χ1) is 14.4. The van der Waals surface area contributed by atoms with E-state index in [1.54, 1.807) is 12.1 Å². The molecule has 0 fully saturated rings. The van der Waals surface area contributed by atoms with Crippen LogP contribution in [-0.2, 0) is 36.1 Å². The number of amides is 2. The lowest BCUT2D eigenvalue weighted by atomic mass is 10.1. The molecule has 0 heterocycles. The molecule has 168 valence electrons. The van der Waals surface area contributed by atoms with Gasteiger partial charge in [-0.3, -0.25) is 9.59 Å². The Bertz CT molecular complexity index is 1140. The zero-order valence-electron chi connectivity index (χ0n) is 17.0. The van der Waals surface area contributed by atoms with Crippen molar-refractivity contribution in [3.8, 4) is 0 Å². The molecule has 2 aromatic carbocycles. The van der Waals surface area contributed by atoms with Gasteiger partial charge in [0.1, 0.15) is 0 Å². The van der Waals surface area contributed by atoms with Crippen molar-refractivity contribution in [2.45, 2.75) is 23.1 Å². The molecule has 12 heteroatoms. The van der Waals surface area contributed by atoms with Crippen molar-refractivity contribution in [2.75, 3.05) is 25.5 Å². The van der Waals surface area contributed by atoms with Crippen LogP contribution in [0.2, 0.25) is 0 Å². The monoisotopic (exact) mass is 468 g/mol. The van der Waals surface area contributed by atoms with Gasteiger partial charge in [-0.1, -0.05) is 12.1 Å². The molecule has 0 bridgehead atoms. The van der Waals surface area contributed by atoms with Crippen molar-refractivity contribution in [1.82, 2.24) is 9.62 Å². The van der Waals surface area contributed by atoms with Gasteiger partial charge in [-0.25, -0.2) is 22.0 Å². The summed E-state index contributed by atoms with van der Waals surface area (Å²) in [6.45, 7) is 1.21. The van der Waals surface area contributed by atoms with Gasteiger partial charge in [0, 0.05) is 26.2 Å². The third-order valence-electron chi connectivity index (χ3n) is 4.24. The molecule has 2 rings (SSSR count). The van der Waals surface area contributed by atoms with E-state index in [0.29, 0.717) is 12.1 Å². The summed E-state index contributed by atoms with van der Waals surface area (Å²) in [5, 5.41) is 10.2. The van der Waals surface area contributed by atoms with Crippen LogP contribution < -0.4 is 15.8 Å². The van der Waals surface area contributed by atoms with Gasteiger partial charge in [-0.2, -0.15) is 4.31 Å². The lowest BCUT2D eigenvalue weighted by Crippen LogP contribution is -2.39. The number of benzene rings is 2. The molecule has 0 unspecified atom stereocenters. The van der Waals surface area contributed by atoms with Crippen molar-refractivity contribution in [1.29, 1.82) is 0 Å². The van der Waals surface area contributed by atoms with E-state index in [1.807, 2.05) is 0 Å². The van der Waals surface area contributed by atoms with Crippen LogP contribution in [0.5, 0.6) is 0 Å². The summed E-state index contributed by atoms with van der Waals surface area (Å²) in [6, 6.07) is 11.6. The number of sulfonamides is 2. The summed E-state index contributed by atoms with van der Waals surface area (Å²) >= 11 is 0. The first kappa shape index (κ1) is 24.5. The van der Waals surface area contributed by atoms with Gasteiger partial charge in [0.05, 0.1) is 16.3 Å². The number of likely N-dealkylation sites (N-methyl/N-ethyl adjacent to an activating group) is 1. The predicted octanol–water partition coefficient (Wildman–Crippen LogP) is 0.272. The standard InChI is InChI=1S/C19H24N4O6S2/c1-14(24)22-16-5-9-18(10-6-16)31(28,29)23(2)13-19(25)21-12-11-15-3-7-17(8-4-15)30(20,26)27/h3-10H,11-13H2,1-2H3,(H,21,25)(H,22,24)(H2,20,26,27). The molecule has 0 saturated heterocycles. The molecule has 0 spiro atoms. The Balaban J connectivity index is 1.89. The minimum absolute atomic E-state index is 0.00257. The van der Waals surface area contributed by atoms with E-state index in [0.717, 1.165) is 9.87 Å². The van der Waals surface area contributed by atoms with E-state index in [1.165, 1.54) is 50.4 Å². The molecule has 10 nitrogen and oxygen atoms in total. The molecular formula is C19H24N4O6S2. The van der Waals surface area contributed by atoms with Crippen LogP contribution >= 0.6 is 0 Å². The van der Waals surface area contributed by atoms with Crippen LogP contribution in [0.3, 0.4) is 0 Å². The fourth-order valence-electron chi connectivity index (χ4n) is 2.63. The Morgan fingerprint density at radius 3 is 2.00 bits per heavy atom. The second kappa shape index (κ2) is 10.0. The Hall–Kier alpha value is -2.80. The normalized spacial score (nSPS) is 11.9. The molecule has 0 aliphatic heterocycles. The van der Waals surface area contributed by atoms with E-state index in [4.69, 9.17) is 5.14 Å². The molecule has 2 amide bonds. The summed E-state index contributed by atoms with van der Waals surface area (Å²) in [5.74, 6) is -0.758. The Morgan fingerprint density at radius 1 is 0.935 bits per heavy atom. The average Bonchev–Trinajstić information content (AvgIpc) is 2.67.